The van der Waals surface area contributed by atoms with Gasteiger partial charge in [0.05, 0.1) is 6.54 Å². The molecule has 1 aromatic carbocycles. The van der Waals surface area contributed by atoms with Crippen molar-refractivity contribution in [2.24, 2.45) is 0 Å². The Labute approximate surface area is 206 Å². The second-order valence-corrected chi connectivity index (χ2v) is 9.87. The predicted octanol–water partition coefficient (Wildman–Crippen LogP) is 2.91. The number of hydrogen-bond acceptors (Lipinski definition) is 6. The topological polar surface area (TPSA) is 73.5 Å². The number of hydrogen-bond donors (Lipinski definition) is 1. The zero-order chi connectivity index (χ0) is 24.3. The van der Waals surface area contributed by atoms with Crippen molar-refractivity contribution < 1.29 is 14.6 Å². The molecule has 35 heavy (non-hydrogen) atoms. The van der Waals surface area contributed by atoms with Crippen LogP contribution < -0.4 is 9.64 Å². The predicted molar refractivity (Wildman–Crippen MR) is 136 cm³/mol. The van der Waals surface area contributed by atoms with Crippen molar-refractivity contribution in [1.82, 2.24) is 19.2 Å². The molecule has 186 valence electrons. The summed E-state index contributed by atoms with van der Waals surface area (Å²) >= 11 is 0. The highest BCUT2D eigenvalue weighted by Gasteiger charge is 2.38. The second-order valence-electron chi connectivity index (χ2n) is 9.87. The molecule has 1 N–H and O–H groups in total. The summed E-state index contributed by atoms with van der Waals surface area (Å²) in [6.07, 6.45) is 8.19. The van der Waals surface area contributed by atoms with E-state index in [2.05, 4.69) is 14.8 Å². The van der Waals surface area contributed by atoms with E-state index in [4.69, 9.17) is 4.74 Å². The molecule has 1 unspecified atom stereocenters. The fourth-order valence-corrected chi connectivity index (χ4v) is 5.27. The number of benzene rings is 1. The van der Waals surface area contributed by atoms with Gasteiger partial charge in [0.25, 0.3) is 5.91 Å². The van der Waals surface area contributed by atoms with Gasteiger partial charge in [-0.2, -0.15) is 0 Å². The lowest BCUT2D eigenvalue weighted by molar-refractivity contribution is 0.0264. The lowest BCUT2D eigenvalue weighted by Gasteiger charge is -2.29. The third-order valence-electron chi connectivity index (χ3n) is 7.17. The number of aromatic nitrogens is 2. The van der Waals surface area contributed by atoms with Crippen LogP contribution in [0.25, 0.3) is 5.65 Å². The van der Waals surface area contributed by atoms with Crippen LogP contribution >= 0.6 is 0 Å². The summed E-state index contributed by atoms with van der Waals surface area (Å²) in [6, 6.07) is 13.3. The van der Waals surface area contributed by atoms with Crippen molar-refractivity contribution in [3.8, 4) is 5.75 Å². The maximum atomic E-state index is 13.0. The summed E-state index contributed by atoms with van der Waals surface area (Å²) < 4.78 is 7.91. The molecule has 0 spiro atoms. The van der Waals surface area contributed by atoms with Gasteiger partial charge in [-0.25, -0.2) is 4.98 Å². The van der Waals surface area contributed by atoms with E-state index in [0.29, 0.717) is 25.1 Å². The minimum absolute atomic E-state index is 0.103. The van der Waals surface area contributed by atoms with Gasteiger partial charge in [-0.1, -0.05) is 12.5 Å². The van der Waals surface area contributed by atoms with Crippen LogP contribution in [-0.4, -0.2) is 88.7 Å². The largest absolute Gasteiger partial charge is 0.492 e. The van der Waals surface area contributed by atoms with Gasteiger partial charge in [0.1, 0.15) is 29.4 Å². The molecule has 8 heteroatoms. The van der Waals surface area contributed by atoms with Crippen LogP contribution in [0.4, 0.5) is 5.82 Å². The maximum absolute atomic E-state index is 13.0. The standard InChI is InChI=1S/C27H35N5O3/c1-29(20-27(34)12-16-31(21-27)25-7-5-6-24-28-13-17-32(24)25)26(33)22-8-10-23(11-9-22)35-19-18-30-14-3-2-4-15-30/h5-11,13,17,34H,2-4,12,14-16,18-21H2,1H3. The number of carbonyl (C=O) groups is 1. The van der Waals surface area contributed by atoms with Crippen LogP contribution in [0.1, 0.15) is 36.0 Å². The van der Waals surface area contributed by atoms with Crippen LogP contribution in [0.5, 0.6) is 5.75 Å². The Bertz CT molecular complexity index is 1140. The molecule has 0 bridgehead atoms. The highest BCUT2D eigenvalue weighted by molar-refractivity contribution is 5.94. The minimum Gasteiger partial charge on any atom is -0.492 e. The van der Waals surface area contributed by atoms with Gasteiger partial charge in [0.15, 0.2) is 0 Å². The molecule has 2 aromatic heterocycles. The van der Waals surface area contributed by atoms with Gasteiger partial charge >= 0.3 is 0 Å². The second kappa shape index (κ2) is 10.3. The smallest absolute Gasteiger partial charge is 0.253 e. The third kappa shape index (κ3) is 5.44. The number of pyridine rings is 1. The number of anilines is 1. The van der Waals surface area contributed by atoms with E-state index in [1.54, 1.807) is 30.3 Å². The van der Waals surface area contributed by atoms with Crippen molar-refractivity contribution >= 4 is 17.4 Å². The number of amides is 1. The van der Waals surface area contributed by atoms with Gasteiger partial charge in [0, 0.05) is 44.6 Å². The monoisotopic (exact) mass is 477 g/mol. The Balaban J connectivity index is 1.14. The SMILES string of the molecule is CN(CC1(O)CCN(c2cccc3nccn23)C1)C(=O)c1ccc(OCCN2CCCCC2)cc1. The molecule has 5 rings (SSSR count). The van der Waals surface area contributed by atoms with E-state index in [1.807, 2.05) is 40.9 Å². The average molecular weight is 478 g/mol. The molecule has 2 aliphatic rings. The molecule has 2 saturated heterocycles. The average Bonchev–Trinajstić information content (AvgIpc) is 3.51. The van der Waals surface area contributed by atoms with Crippen LogP contribution in [0.3, 0.4) is 0 Å². The van der Waals surface area contributed by atoms with E-state index in [-0.39, 0.29) is 12.5 Å². The van der Waals surface area contributed by atoms with Crippen LogP contribution in [0.15, 0.2) is 54.9 Å². The number of likely N-dealkylation sites (N-methyl/N-ethyl adjacent to an activating group) is 1. The first kappa shape index (κ1) is 23.6. The minimum atomic E-state index is -0.968. The summed E-state index contributed by atoms with van der Waals surface area (Å²) in [5.74, 6) is 1.68. The van der Waals surface area contributed by atoms with Crippen LogP contribution in [-0.2, 0) is 0 Å². The molecule has 0 aliphatic carbocycles. The van der Waals surface area contributed by atoms with Crippen molar-refractivity contribution in [3.63, 3.8) is 0 Å². The van der Waals surface area contributed by atoms with Gasteiger partial charge in [-0.15, -0.1) is 0 Å². The number of carbonyl (C=O) groups excluding carboxylic acids is 1. The molecular formula is C27H35N5O3. The summed E-state index contributed by atoms with van der Waals surface area (Å²) in [7, 11) is 1.75. The van der Waals surface area contributed by atoms with Gasteiger partial charge in [0.2, 0.25) is 0 Å². The third-order valence-corrected chi connectivity index (χ3v) is 7.17. The first-order valence-corrected chi connectivity index (χ1v) is 12.6. The molecule has 3 aromatic rings. The zero-order valence-corrected chi connectivity index (χ0v) is 20.5. The Morgan fingerprint density at radius 1 is 1.11 bits per heavy atom. The number of β-amino-alcohol motifs (C(OH)–C–C–N with tert-alkyl or cyclic N) is 1. The summed E-state index contributed by atoms with van der Waals surface area (Å²) in [5.41, 5.74) is 0.506. The Morgan fingerprint density at radius 2 is 1.91 bits per heavy atom. The van der Waals surface area contributed by atoms with Crippen molar-refractivity contribution in [3.05, 3.63) is 60.4 Å². The molecule has 0 saturated carbocycles. The fourth-order valence-electron chi connectivity index (χ4n) is 5.27. The first-order valence-electron chi connectivity index (χ1n) is 12.6. The number of aliphatic hydroxyl groups is 1. The summed E-state index contributed by atoms with van der Waals surface area (Å²) in [6.45, 7) is 5.37. The Hall–Kier alpha value is -3.10. The number of fused-ring (bicyclic) bond motifs is 1. The highest BCUT2D eigenvalue weighted by atomic mass is 16.5. The van der Waals surface area contributed by atoms with Crippen LogP contribution in [0, 0.1) is 0 Å². The van der Waals surface area contributed by atoms with Crippen molar-refractivity contribution in [2.75, 3.05) is 57.8 Å². The number of ether oxygens (including phenoxy) is 1. The molecule has 1 atom stereocenters. The number of nitrogens with zero attached hydrogens (tertiary/aromatic N) is 5. The molecular weight excluding hydrogens is 442 g/mol. The quantitative estimate of drug-likeness (QED) is 0.538. The number of imidazole rings is 1. The van der Waals surface area contributed by atoms with Crippen molar-refractivity contribution in [2.45, 2.75) is 31.3 Å². The first-order chi connectivity index (χ1) is 17.0. The van der Waals surface area contributed by atoms with E-state index in [0.717, 1.165) is 43.4 Å². The zero-order valence-electron chi connectivity index (χ0n) is 20.5. The fraction of sp³-hybridized carbons (Fsp3) is 0.481. The molecule has 0 radical (unpaired) electrons. The Kier molecular flexibility index (Phi) is 6.92. The Morgan fingerprint density at radius 3 is 2.71 bits per heavy atom. The van der Waals surface area contributed by atoms with E-state index < -0.39 is 5.60 Å². The van der Waals surface area contributed by atoms with Crippen LogP contribution in [0.2, 0.25) is 0 Å². The van der Waals surface area contributed by atoms with E-state index in [1.165, 1.54) is 19.3 Å². The molecule has 4 heterocycles. The molecule has 2 aliphatic heterocycles. The lowest BCUT2D eigenvalue weighted by Crippen LogP contribution is -2.46. The maximum Gasteiger partial charge on any atom is 0.253 e. The van der Waals surface area contributed by atoms with E-state index in [9.17, 15) is 9.90 Å². The van der Waals surface area contributed by atoms with Crippen molar-refractivity contribution in [1.29, 1.82) is 0 Å². The normalized spacial score (nSPS) is 20.9. The van der Waals surface area contributed by atoms with E-state index >= 15 is 0 Å². The number of rotatable bonds is 8. The summed E-state index contributed by atoms with van der Waals surface area (Å²) in [4.78, 5) is 23.6. The summed E-state index contributed by atoms with van der Waals surface area (Å²) in [5, 5.41) is 11.3. The molecule has 1 amide bonds. The molecule has 8 nitrogen and oxygen atoms in total. The highest BCUT2D eigenvalue weighted by Crippen LogP contribution is 2.28. The van der Waals surface area contributed by atoms with Gasteiger partial charge < -0.3 is 19.6 Å². The molecule has 2 fully saturated rings. The number of piperidine rings is 1. The lowest BCUT2D eigenvalue weighted by atomic mass is 10.0. The van der Waals surface area contributed by atoms with Gasteiger partial charge in [-0.05, 0) is 68.8 Å². The number of likely N-dealkylation sites (tertiary alicyclic amines) is 1. The van der Waals surface area contributed by atoms with Gasteiger partial charge in [-0.3, -0.25) is 14.1 Å².